The first-order valence-electron chi connectivity index (χ1n) is 6.95. The van der Waals surface area contributed by atoms with Crippen molar-refractivity contribution in [3.05, 3.63) is 18.0 Å². The Kier molecular flexibility index (Phi) is 3.94. The molecule has 1 saturated heterocycles. The standard InChI is InChI=1S/C14H24N4O/c1-11(2)18-7-5-14(3,6-8-18)16-13(19)12-9-15-17(4)10-12/h9-11H,5-8H2,1-4H3,(H,16,19). The number of rotatable bonds is 3. The fraction of sp³-hybridized carbons (Fsp3) is 0.714. The summed E-state index contributed by atoms with van der Waals surface area (Å²) in [5.41, 5.74) is 0.535. The van der Waals surface area contributed by atoms with Gasteiger partial charge in [-0.25, -0.2) is 0 Å². The molecule has 2 heterocycles. The Balaban J connectivity index is 1.94. The van der Waals surface area contributed by atoms with Crippen molar-refractivity contribution in [2.45, 2.75) is 45.2 Å². The highest BCUT2D eigenvalue weighted by Crippen LogP contribution is 2.23. The lowest BCUT2D eigenvalue weighted by Gasteiger charge is -2.41. The highest BCUT2D eigenvalue weighted by molar-refractivity contribution is 5.94. The van der Waals surface area contributed by atoms with Gasteiger partial charge in [0.2, 0.25) is 0 Å². The van der Waals surface area contributed by atoms with Crippen LogP contribution in [-0.2, 0) is 7.05 Å². The zero-order chi connectivity index (χ0) is 14.0. The second-order valence-electron chi connectivity index (χ2n) is 6.05. The molecule has 0 spiro atoms. The molecule has 1 aliphatic rings. The van der Waals surface area contributed by atoms with Crippen LogP contribution >= 0.6 is 0 Å². The molecule has 0 aliphatic carbocycles. The molecule has 5 nitrogen and oxygen atoms in total. The number of carbonyl (C=O) groups is 1. The van der Waals surface area contributed by atoms with Gasteiger partial charge in [0.25, 0.3) is 5.91 Å². The van der Waals surface area contributed by atoms with Gasteiger partial charge in [-0.2, -0.15) is 5.10 Å². The molecule has 106 valence electrons. The van der Waals surface area contributed by atoms with E-state index in [1.165, 1.54) is 0 Å². The van der Waals surface area contributed by atoms with Crippen LogP contribution in [-0.4, -0.2) is 45.3 Å². The van der Waals surface area contributed by atoms with Crippen molar-refractivity contribution in [3.63, 3.8) is 0 Å². The van der Waals surface area contributed by atoms with E-state index < -0.39 is 0 Å². The van der Waals surface area contributed by atoms with E-state index >= 15 is 0 Å². The lowest BCUT2D eigenvalue weighted by Crippen LogP contribution is -2.54. The molecule has 0 atom stereocenters. The van der Waals surface area contributed by atoms with Crippen LogP contribution in [0.15, 0.2) is 12.4 Å². The summed E-state index contributed by atoms with van der Waals surface area (Å²) in [5, 5.41) is 7.20. The molecular weight excluding hydrogens is 240 g/mol. The number of aryl methyl sites for hydroxylation is 1. The summed E-state index contributed by atoms with van der Waals surface area (Å²) in [6.45, 7) is 8.66. The number of nitrogens with one attached hydrogen (secondary N) is 1. The van der Waals surface area contributed by atoms with Gasteiger partial charge in [-0.05, 0) is 33.6 Å². The molecule has 1 aromatic rings. The number of hydrogen-bond acceptors (Lipinski definition) is 3. The van der Waals surface area contributed by atoms with Crippen molar-refractivity contribution >= 4 is 5.91 Å². The van der Waals surface area contributed by atoms with Gasteiger partial charge in [-0.15, -0.1) is 0 Å². The quantitative estimate of drug-likeness (QED) is 0.898. The van der Waals surface area contributed by atoms with Gasteiger partial charge in [0.05, 0.1) is 11.8 Å². The first-order chi connectivity index (χ1) is 8.89. The van der Waals surface area contributed by atoms with Gasteiger partial charge < -0.3 is 10.2 Å². The Hall–Kier alpha value is -1.36. The molecule has 1 aromatic heterocycles. The third-order valence-corrected chi connectivity index (χ3v) is 4.01. The van der Waals surface area contributed by atoms with Gasteiger partial charge in [0.1, 0.15) is 0 Å². The smallest absolute Gasteiger partial charge is 0.254 e. The minimum Gasteiger partial charge on any atom is -0.347 e. The summed E-state index contributed by atoms with van der Waals surface area (Å²) in [7, 11) is 1.82. The van der Waals surface area contributed by atoms with E-state index in [1.54, 1.807) is 17.1 Å². The molecule has 5 heteroatoms. The van der Waals surface area contributed by atoms with E-state index in [1.807, 2.05) is 7.05 Å². The summed E-state index contributed by atoms with van der Waals surface area (Å²) in [6, 6.07) is 0.582. The Morgan fingerprint density at radius 1 is 1.42 bits per heavy atom. The fourth-order valence-corrected chi connectivity index (χ4v) is 2.54. The van der Waals surface area contributed by atoms with Crippen molar-refractivity contribution in [2.24, 2.45) is 7.05 Å². The van der Waals surface area contributed by atoms with Crippen LogP contribution in [0.4, 0.5) is 0 Å². The summed E-state index contributed by atoms with van der Waals surface area (Å²) in [6.07, 6.45) is 5.36. The van der Waals surface area contributed by atoms with Crippen LogP contribution in [0.1, 0.15) is 44.0 Å². The second kappa shape index (κ2) is 5.33. The van der Waals surface area contributed by atoms with E-state index in [-0.39, 0.29) is 11.4 Å². The highest BCUT2D eigenvalue weighted by Gasteiger charge is 2.32. The molecule has 0 radical (unpaired) electrons. The lowest BCUT2D eigenvalue weighted by atomic mass is 9.88. The third kappa shape index (κ3) is 3.35. The number of likely N-dealkylation sites (tertiary alicyclic amines) is 1. The monoisotopic (exact) mass is 264 g/mol. The van der Waals surface area contributed by atoms with Crippen LogP contribution in [0.2, 0.25) is 0 Å². The third-order valence-electron chi connectivity index (χ3n) is 4.01. The van der Waals surface area contributed by atoms with Crippen LogP contribution < -0.4 is 5.32 Å². The lowest BCUT2D eigenvalue weighted by molar-refractivity contribution is 0.0801. The normalized spacial score (nSPS) is 19.6. The Morgan fingerprint density at radius 3 is 2.53 bits per heavy atom. The minimum absolute atomic E-state index is 0.0198. The molecule has 0 bridgehead atoms. The van der Waals surface area contributed by atoms with Crippen LogP contribution in [0.3, 0.4) is 0 Å². The fourth-order valence-electron chi connectivity index (χ4n) is 2.54. The molecule has 19 heavy (non-hydrogen) atoms. The first-order valence-corrected chi connectivity index (χ1v) is 6.95. The summed E-state index contributed by atoms with van der Waals surface area (Å²) in [5.74, 6) is -0.0198. The highest BCUT2D eigenvalue weighted by atomic mass is 16.1. The SMILES string of the molecule is CC(C)N1CCC(C)(NC(=O)c2cnn(C)c2)CC1. The maximum atomic E-state index is 12.2. The molecule has 2 rings (SSSR count). The van der Waals surface area contributed by atoms with Gasteiger partial charge in [-0.3, -0.25) is 9.48 Å². The number of aromatic nitrogens is 2. The van der Waals surface area contributed by atoms with Crippen molar-refractivity contribution in [2.75, 3.05) is 13.1 Å². The molecule has 1 fully saturated rings. The van der Waals surface area contributed by atoms with Crippen LogP contribution in [0.25, 0.3) is 0 Å². The summed E-state index contributed by atoms with van der Waals surface area (Å²) >= 11 is 0. The van der Waals surface area contributed by atoms with Crippen molar-refractivity contribution < 1.29 is 4.79 Å². The van der Waals surface area contributed by atoms with E-state index in [0.29, 0.717) is 11.6 Å². The molecule has 0 saturated carbocycles. The largest absolute Gasteiger partial charge is 0.347 e. The van der Waals surface area contributed by atoms with Crippen molar-refractivity contribution in [1.29, 1.82) is 0 Å². The average molecular weight is 264 g/mol. The van der Waals surface area contributed by atoms with E-state index in [9.17, 15) is 4.79 Å². The number of carbonyl (C=O) groups excluding carboxylic acids is 1. The number of hydrogen-bond donors (Lipinski definition) is 1. The predicted octanol–water partition coefficient (Wildman–Crippen LogP) is 1.41. The van der Waals surface area contributed by atoms with Crippen molar-refractivity contribution in [1.82, 2.24) is 20.0 Å². The molecule has 1 aliphatic heterocycles. The Bertz CT molecular complexity index is 444. The van der Waals surface area contributed by atoms with Gasteiger partial charge in [0, 0.05) is 37.9 Å². The average Bonchev–Trinajstić information content (AvgIpc) is 2.76. The zero-order valence-electron chi connectivity index (χ0n) is 12.3. The molecule has 0 aromatic carbocycles. The molecule has 1 N–H and O–H groups in total. The van der Waals surface area contributed by atoms with E-state index in [4.69, 9.17) is 0 Å². The van der Waals surface area contributed by atoms with Gasteiger partial charge in [-0.1, -0.05) is 0 Å². The summed E-state index contributed by atoms with van der Waals surface area (Å²) in [4.78, 5) is 14.6. The van der Waals surface area contributed by atoms with E-state index in [0.717, 1.165) is 25.9 Å². The minimum atomic E-state index is -0.0989. The predicted molar refractivity (Wildman–Crippen MR) is 75.0 cm³/mol. The van der Waals surface area contributed by atoms with Crippen molar-refractivity contribution in [3.8, 4) is 0 Å². The van der Waals surface area contributed by atoms with Crippen LogP contribution in [0.5, 0.6) is 0 Å². The molecular formula is C14H24N4O. The summed E-state index contributed by atoms with van der Waals surface area (Å²) < 4.78 is 1.65. The second-order valence-corrected chi connectivity index (χ2v) is 6.05. The number of nitrogens with zero attached hydrogens (tertiary/aromatic N) is 3. The van der Waals surface area contributed by atoms with Gasteiger partial charge in [0.15, 0.2) is 0 Å². The Morgan fingerprint density at radius 2 is 2.05 bits per heavy atom. The molecule has 1 amide bonds. The maximum Gasteiger partial charge on any atom is 0.254 e. The molecule has 0 unspecified atom stereocenters. The first kappa shape index (κ1) is 14.1. The van der Waals surface area contributed by atoms with E-state index in [2.05, 4.69) is 36.1 Å². The topological polar surface area (TPSA) is 50.2 Å². The van der Waals surface area contributed by atoms with Crippen LogP contribution in [0, 0.1) is 0 Å². The zero-order valence-corrected chi connectivity index (χ0v) is 12.3. The number of piperidine rings is 1. The maximum absolute atomic E-state index is 12.2. The number of amides is 1. The van der Waals surface area contributed by atoms with Gasteiger partial charge >= 0.3 is 0 Å². The Labute approximate surface area is 115 Å².